The summed E-state index contributed by atoms with van der Waals surface area (Å²) in [5.74, 6) is 0. The zero-order chi connectivity index (χ0) is 16.1. The van der Waals surface area contributed by atoms with E-state index in [2.05, 4.69) is 24.3 Å². The number of allylic oxidation sites excluding steroid dienone is 2. The Kier molecular flexibility index (Phi) is 4.26. The van der Waals surface area contributed by atoms with Crippen LogP contribution in [0.5, 0.6) is 0 Å². The summed E-state index contributed by atoms with van der Waals surface area (Å²) in [6, 6.07) is 24.5. The summed E-state index contributed by atoms with van der Waals surface area (Å²) in [7, 11) is 0. The highest BCUT2D eigenvalue weighted by Crippen LogP contribution is 2.51. The minimum absolute atomic E-state index is 0.233. The van der Waals surface area contributed by atoms with Gasteiger partial charge >= 0.3 is 0 Å². The Labute approximate surface area is 137 Å². The highest BCUT2D eigenvalue weighted by Gasteiger charge is 2.41. The summed E-state index contributed by atoms with van der Waals surface area (Å²) in [4.78, 5) is 0. The molecule has 0 N–H and O–H groups in total. The minimum Gasteiger partial charge on any atom is -0.192 e. The van der Waals surface area contributed by atoms with E-state index in [1.807, 2.05) is 48.5 Å². The van der Waals surface area contributed by atoms with Crippen molar-refractivity contribution >= 4 is 5.57 Å². The second kappa shape index (κ2) is 6.51. The minimum atomic E-state index is -0.233. The predicted molar refractivity (Wildman–Crippen MR) is 91.2 cm³/mol. The molecule has 0 bridgehead atoms. The maximum atomic E-state index is 9.55. The number of benzene rings is 2. The number of hydrogen-bond donors (Lipinski definition) is 0. The average Bonchev–Trinajstić information content (AvgIpc) is 3.11. The number of hydrogen-bond acceptors (Lipinski definition) is 2. The molecule has 0 aliphatic heterocycles. The molecule has 0 aromatic heterocycles. The van der Waals surface area contributed by atoms with Gasteiger partial charge < -0.3 is 0 Å². The van der Waals surface area contributed by atoms with Crippen LogP contribution in [0, 0.1) is 22.7 Å². The van der Waals surface area contributed by atoms with E-state index >= 15 is 0 Å². The van der Waals surface area contributed by atoms with E-state index < -0.39 is 0 Å². The Balaban J connectivity index is 2.29. The van der Waals surface area contributed by atoms with Crippen molar-refractivity contribution in [3.05, 3.63) is 77.4 Å². The third-order valence-electron chi connectivity index (χ3n) is 4.80. The summed E-state index contributed by atoms with van der Waals surface area (Å²) < 4.78 is 0. The largest absolute Gasteiger partial charge is 0.192 e. The van der Waals surface area contributed by atoms with Gasteiger partial charge in [-0.2, -0.15) is 10.5 Å². The predicted octanol–water partition coefficient (Wildman–Crippen LogP) is 5.00. The van der Waals surface area contributed by atoms with E-state index in [1.165, 1.54) is 5.56 Å². The lowest BCUT2D eigenvalue weighted by molar-refractivity contribution is 0.576. The van der Waals surface area contributed by atoms with Crippen molar-refractivity contribution in [3.63, 3.8) is 0 Å². The first-order valence-electron chi connectivity index (χ1n) is 7.98. The third kappa shape index (κ3) is 2.65. The van der Waals surface area contributed by atoms with Gasteiger partial charge in [0.15, 0.2) is 0 Å². The molecule has 2 aromatic rings. The second-order valence-corrected chi connectivity index (χ2v) is 5.99. The van der Waals surface area contributed by atoms with Crippen LogP contribution in [0.4, 0.5) is 0 Å². The highest BCUT2D eigenvalue weighted by molar-refractivity contribution is 5.83. The van der Waals surface area contributed by atoms with Crippen molar-refractivity contribution < 1.29 is 0 Å². The molecule has 2 heteroatoms. The first kappa shape index (κ1) is 15.1. The van der Waals surface area contributed by atoms with Crippen molar-refractivity contribution in [3.8, 4) is 12.1 Å². The molecule has 0 spiro atoms. The fourth-order valence-corrected chi connectivity index (χ4v) is 3.82. The maximum Gasteiger partial charge on any atom is 0.134 e. The lowest BCUT2D eigenvalue weighted by Gasteiger charge is -2.33. The normalized spacial score (nSPS) is 15.4. The SMILES string of the molecule is N#CC(C#N)=C(c1ccccc1)C1(c2ccccc2)CCCC1. The van der Waals surface area contributed by atoms with Gasteiger partial charge in [-0.15, -0.1) is 0 Å². The van der Waals surface area contributed by atoms with Gasteiger partial charge in [-0.25, -0.2) is 0 Å². The third-order valence-corrected chi connectivity index (χ3v) is 4.80. The first-order chi connectivity index (χ1) is 11.3. The van der Waals surface area contributed by atoms with Crippen LogP contribution in [-0.4, -0.2) is 0 Å². The Morgan fingerprint density at radius 1 is 0.783 bits per heavy atom. The summed E-state index contributed by atoms with van der Waals surface area (Å²) in [5.41, 5.74) is 3.09. The standard InChI is InChI=1S/C21H18N2/c22-15-18(16-23)20(17-9-3-1-4-10-17)21(13-7-8-14-21)19-11-5-2-6-12-19/h1-6,9-12H,7-8,13-14H2. The number of nitriles is 2. The zero-order valence-corrected chi connectivity index (χ0v) is 13.0. The van der Waals surface area contributed by atoms with Crippen molar-refractivity contribution in [1.82, 2.24) is 0 Å². The molecule has 0 radical (unpaired) electrons. The van der Waals surface area contributed by atoms with E-state index in [-0.39, 0.29) is 11.0 Å². The molecule has 0 heterocycles. The average molecular weight is 298 g/mol. The van der Waals surface area contributed by atoms with Gasteiger partial charge in [0.25, 0.3) is 0 Å². The van der Waals surface area contributed by atoms with Gasteiger partial charge in [-0.1, -0.05) is 73.5 Å². The summed E-state index contributed by atoms with van der Waals surface area (Å²) >= 11 is 0. The lowest BCUT2D eigenvalue weighted by Crippen LogP contribution is -2.25. The Morgan fingerprint density at radius 3 is 1.83 bits per heavy atom. The van der Waals surface area contributed by atoms with E-state index in [0.29, 0.717) is 0 Å². The van der Waals surface area contributed by atoms with E-state index in [4.69, 9.17) is 0 Å². The summed E-state index contributed by atoms with van der Waals surface area (Å²) in [6.45, 7) is 0. The molecule has 0 saturated heterocycles. The molecule has 23 heavy (non-hydrogen) atoms. The zero-order valence-electron chi connectivity index (χ0n) is 13.0. The molecule has 0 amide bonds. The van der Waals surface area contributed by atoms with Crippen LogP contribution < -0.4 is 0 Å². The van der Waals surface area contributed by atoms with Gasteiger partial charge in [0.1, 0.15) is 17.7 Å². The molecule has 0 atom stereocenters. The maximum absolute atomic E-state index is 9.55. The smallest absolute Gasteiger partial charge is 0.134 e. The van der Waals surface area contributed by atoms with Crippen LogP contribution in [0.2, 0.25) is 0 Å². The molecule has 3 rings (SSSR count). The van der Waals surface area contributed by atoms with Crippen LogP contribution in [0.1, 0.15) is 36.8 Å². The molecule has 0 unspecified atom stereocenters. The van der Waals surface area contributed by atoms with Crippen LogP contribution in [0.3, 0.4) is 0 Å². The molecule has 1 aliphatic rings. The fourth-order valence-electron chi connectivity index (χ4n) is 3.82. The first-order valence-corrected chi connectivity index (χ1v) is 7.98. The number of rotatable bonds is 3. The molecule has 1 saturated carbocycles. The van der Waals surface area contributed by atoms with Gasteiger partial charge in [-0.3, -0.25) is 0 Å². The summed E-state index contributed by atoms with van der Waals surface area (Å²) in [6.07, 6.45) is 4.20. The molecule has 112 valence electrons. The van der Waals surface area contributed by atoms with Crippen molar-refractivity contribution in [2.45, 2.75) is 31.1 Å². The van der Waals surface area contributed by atoms with Crippen molar-refractivity contribution in [1.29, 1.82) is 10.5 Å². The van der Waals surface area contributed by atoms with Gasteiger partial charge in [-0.05, 0) is 29.5 Å². The van der Waals surface area contributed by atoms with Crippen LogP contribution >= 0.6 is 0 Å². The second-order valence-electron chi connectivity index (χ2n) is 5.99. The summed E-state index contributed by atoms with van der Waals surface area (Å²) in [5, 5.41) is 19.1. The Hall–Kier alpha value is -2.84. The van der Waals surface area contributed by atoms with Crippen molar-refractivity contribution in [2.24, 2.45) is 0 Å². The Morgan fingerprint density at radius 2 is 1.30 bits per heavy atom. The molecule has 2 nitrogen and oxygen atoms in total. The molecule has 2 aromatic carbocycles. The highest BCUT2D eigenvalue weighted by atomic mass is 14.4. The number of nitrogens with zero attached hydrogens (tertiary/aromatic N) is 2. The van der Waals surface area contributed by atoms with Crippen molar-refractivity contribution in [2.75, 3.05) is 0 Å². The molecular formula is C21H18N2. The van der Waals surface area contributed by atoms with Crippen LogP contribution in [0.25, 0.3) is 5.57 Å². The topological polar surface area (TPSA) is 47.6 Å². The monoisotopic (exact) mass is 298 g/mol. The van der Waals surface area contributed by atoms with E-state index in [1.54, 1.807) is 0 Å². The lowest BCUT2D eigenvalue weighted by atomic mass is 9.69. The van der Waals surface area contributed by atoms with E-state index in [9.17, 15) is 10.5 Å². The quantitative estimate of drug-likeness (QED) is 0.749. The van der Waals surface area contributed by atoms with Crippen LogP contribution in [-0.2, 0) is 5.41 Å². The molecule has 1 fully saturated rings. The van der Waals surface area contributed by atoms with Gasteiger partial charge in [0.05, 0.1) is 0 Å². The van der Waals surface area contributed by atoms with Gasteiger partial charge in [0, 0.05) is 5.41 Å². The Bertz CT molecular complexity index is 767. The van der Waals surface area contributed by atoms with E-state index in [0.717, 1.165) is 36.8 Å². The fraction of sp³-hybridized carbons (Fsp3) is 0.238. The molecule has 1 aliphatic carbocycles. The molecular weight excluding hydrogens is 280 g/mol. The van der Waals surface area contributed by atoms with Crippen LogP contribution in [0.15, 0.2) is 66.2 Å². The van der Waals surface area contributed by atoms with Gasteiger partial charge in [0.2, 0.25) is 0 Å².